The molecule has 0 saturated carbocycles. The molecule has 1 aromatic carbocycles. The van der Waals surface area contributed by atoms with Crippen LogP contribution in [0.25, 0.3) is 0 Å². The number of carbonyl (C=O) groups excluding carboxylic acids is 1. The normalized spacial score (nSPS) is 13.0. The van der Waals surface area contributed by atoms with E-state index in [0.29, 0.717) is 17.1 Å². The second-order valence-electron chi connectivity index (χ2n) is 8.63. The van der Waals surface area contributed by atoms with Crippen molar-refractivity contribution < 1.29 is 9.53 Å². The number of esters is 1. The van der Waals surface area contributed by atoms with Crippen LogP contribution in [0, 0.1) is 16.7 Å². The van der Waals surface area contributed by atoms with Gasteiger partial charge < -0.3 is 15.4 Å². The summed E-state index contributed by atoms with van der Waals surface area (Å²) >= 11 is 6.10. The van der Waals surface area contributed by atoms with E-state index in [-0.39, 0.29) is 23.8 Å². The average Bonchev–Trinajstić information content (AvgIpc) is 2.43. The molecule has 6 heteroatoms. The number of ether oxygens (including phenoxy) is 1. The van der Waals surface area contributed by atoms with Crippen LogP contribution < -0.4 is 10.6 Å². The van der Waals surface area contributed by atoms with E-state index < -0.39 is 5.60 Å². The zero-order chi connectivity index (χ0) is 20.0. The van der Waals surface area contributed by atoms with Crippen molar-refractivity contribution in [3.8, 4) is 6.07 Å². The number of rotatable bonds is 7. The standard InChI is InChI=1S/C20H30ClN3O2/c1-19(2,3)13-23-12-16(10-18(25)26-20(4,5)6)24-15-8-7-14(11-22)17(21)9-15/h7-9,16,23-24H,10,12-13H2,1-6H3/t16-/m0/s1. The third-order valence-corrected chi connectivity index (χ3v) is 3.65. The minimum atomic E-state index is -0.516. The summed E-state index contributed by atoms with van der Waals surface area (Å²) in [6.45, 7) is 13.4. The molecule has 0 aliphatic heterocycles. The topological polar surface area (TPSA) is 74.2 Å². The third-order valence-electron chi connectivity index (χ3n) is 3.34. The summed E-state index contributed by atoms with van der Waals surface area (Å²) in [7, 11) is 0. The fraction of sp³-hybridized carbons (Fsp3) is 0.600. The third kappa shape index (κ3) is 9.07. The van der Waals surface area contributed by atoms with Crippen LogP contribution in [0.1, 0.15) is 53.5 Å². The molecule has 0 amide bonds. The molecule has 0 unspecified atom stereocenters. The molecular weight excluding hydrogens is 350 g/mol. The largest absolute Gasteiger partial charge is 0.460 e. The van der Waals surface area contributed by atoms with Gasteiger partial charge in [-0.25, -0.2) is 0 Å². The van der Waals surface area contributed by atoms with Crippen molar-refractivity contribution in [3.63, 3.8) is 0 Å². The molecule has 0 bridgehead atoms. The first kappa shape index (κ1) is 22.3. The molecule has 0 aliphatic rings. The first-order valence-electron chi connectivity index (χ1n) is 8.78. The number of hydrogen-bond donors (Lipinski definition) is 2. The van der Waals surface area contributed by atoms with Crippen molar-refractivity contribution in [2.75, 3.05) is 18.4 Å². The van der Waals surface area contributed by atoms with E-state index in [0.717, 1.165) is 12.2 Å². The van der Waals surface area contributed by atoms with Crippen molar-refractivity contribution in [1.29, 1.82) is 5.26 Å². The number of hydrogen-bond acceptors (Lipinski definition) is 5. The lowest BCUT2D eigenvalue weighted by atomic mass is 9.97. The van der Waals surface area contributed by atoms with E-state index in [4.69, 9.17) is 21.6 Å². The number of nitrogens with one attached hydrogen (secondary N) is 2. The maximum absolute atomic E-state index is 12.2. The molecule has 0 fully saturated rings. The number of anilines is 1. The Morgan fingerprint density at radius 2 is 1.92 bits per heavy atom. The minimum absolute atomic E-state index is 0.147. The molecular formula is C20H30ClN3O2. The molecule has 0 aliphatic carbocycles. The lowest BCUT2D eigenvalue weighted by Crippen LogP contribution is -2.39. The summed E-state index contributed by atoms with van der Waals surface area (Å²) < 4.78 is 5.44. The van der Waals surface area contributed by atoms with Gasteiger partial charge in [0, 0.05) is 24.8 Å². The molecule has 2 N–H and O–H groups in total. The van der Waals surface area contributed by atoms with Crippen LogP contribution in [0.2, 0.25) is 5.02 Å². The highest BCUT2D eigenvalue weighted by Gasteiger charge is 2.21. The first-order chi connectivity index (χ1) is 11.9. The number of benzene rings is 1. The second kappa shape index (κ2) is 9.25. The average molecular weight is 380 g/mol. The minimum Gasteiger partial charge on any atom is -0.460 e. The number of nitriles is 1. The summed E-state index contributed by atoms with van der Waals surface area (Å²) in [4.78, 5) is 12.2. The fourth-order valence-corrected chi connectivity index (χ4v) is 2.53. The number of nitrogens with zero attached hydrogens (tertiary/aromatic N) is 1. The highest BCUT2D eigenvalue weighted by atomic mass is 35.5. The van der Waals surface area contributed by atoms with Gasteiger partial charge in [-0.05, 0) is 44.4 Å². The van der Waals surface area contributed by atoms with Crippen LogP contribution in [-0.4, -0.2) is 30.7 Å². The van der Waals surface area contributed by atoms with E-state index in [9.17, 15) is 4.79 Å². The molecule has 5 nitrogen and oxygen atoms in total. The van der Waals surface area contributed by atoms with Gasteiger partial charge in [0.2, 0.25) is 0 Å². The van der Waals surface area contributed by atoms with Gasteiger partial charge in [0.25, 0.3) is 0 Å². The van der Waals surface area contributed by atoms with Crippen molar-refractivity contribution in [1.82, 2.24) is 5.32 Å². The Labute approximate surface area is 162 Å². The molecule has 0 spiro atoms. The van der Waals surface area contributed by atoms with Crippen LogP contribution in [0.4, 0.5) is 5.69 Å². The van der Waals surface area contributed by atoms with Gasteiger partial charge in [0.05, 0.1) is 17.0 Å². The van der Waals surface area contributed by atoms with Gasteiger partial charge in [0.1, 0.15) is 11.7 Å². The lowest BCUT2D eigenvalue weighted by molar-refractivity contribution is -0.155. The zero-order valence-electron chi connectivity index (χ0n) is 16.6. The van der Waals surface area contributed by atoms with Crippen molar-refractivity contribution in [3.05, 3.63) is 28.8 Å². The van der Waals surface area contributed by atoms with Gasteiger partial charge in [0.15, 0.2) is 0 Å². The molecule has 0 heterocycles. The second-order valence-corrected chi connectivity index (χ2v) is 9.04. The molecule has 0 aromatic heterocycles. The Kier molecular flexibility index (Phi) is 7.92. The molecule has 0 saturated heterocycles. The number of carbonyl (C=O) groups is 1. The number of halogens is 1. The summed E-state index contributed by atoms with van der Waals surface area (Å²) in [5.74, 6) is -0.257. The highest BCUT2D eigenvalue weighted by Crippen LogP contribution is 2.21. The predicted molar refractivity (Wildman–Crippen MR) is 106 cm³/mol. The van der Waals surface area contributed by atoms with E-state index in [2.05, 4.69) is 31.4 Å². The maximum Gasteiger partial charge on any atom is 0.308 e. The summed E-state index contributed by atoms with van der Waals surface area (Å²) in [6, 6.07) is 7.03. The zero-order valence-corrected chi connectivity index (χ0v) is 17.3. The van der Waals surface area contributed by atoms with Crippen molar-refractivity contribution >= 4 is 23.3 Å². The van der Waals surface area contributed by atoms with Gasteiger partial charge in [-0.1, -0.05) is 32.4 Å². The molecule has 144 valence electrons. The fourth-order valence-electron chi connectivity index (χ4n) is 2.31. The molecule has 26 heavy (non-hydrogen) atoms. The molecule has 1 atom stereocenters. The van der Waals surface area contributed by atoms with Crippen LogP contribution in [0.3, 0.4) is 0 Å². The van der Waals surface area contributed by atoms with Crippen LogP contribution >= 0.6 is 11.6 Å². The SMILES string of the molecule is CC(C)(C)CNC[C@H](CC(=O)OC(C)(C)C)Nc1ccc(C#N)c(Cl)c1. The Hall–Kier alpha value is -1.77. The van der Waals surface area contributed by atoms with Crippen LogP contribution in [0.15, 0.2) is 18.2 Å². The summed E-state index contributed by atoms with van der Waals surface area (Å²) in [5.41, 5.74) is 0.818. The van der Waals surface area contributed by atoms with Gasteiger partial charge in [-0.2, -0.15) is 5.26 Å². The Balaban J connectivity index is 2.80. The Bertz CT molecular complexity index is 654. The molecule has 1 rings (SSSR count). The van der Waals surface area contributed by atoms with E-state index in [1.54, 1.807) is 18.2 Å². The van der Waals surface area contributed by atoms with Gasteiger partial charge in [-0.3, -0.25) is 4.79 Å². The van der Waals surface area contributed by atoms with Gasteiger partial charge >= 0.3 is 5.97 Å². The predicted octanol–water partition coefficient (Wildman–Crippen LogP) is 4.36. The molecule has 1 aromatic rings. The van der Waals surface area contributed by atoms with Crippen molar-refractivity contribution in [2.45, 2.75) is 59.6 Å². The quantitative estimate of drug-likeness (QED) is 0.688. The van der Waals surface area contributed by atoms with Crippen LogP contribution in [-0.2, 0) is 9.53 Å². The summed E-state index contributed by atoms with van der Waals surface area (Å²) in [5, 5.41) is 16.1. The smallest absolute Gasteiger partial charge is 0.308 e. The highest BCUT2D eigenvalue weighted by molar-refractivity contribution is 6.32. The van der Waals surface area contributed by atoms with E-state index >= 15 is 0 Å². The Morgan fingerprint density at radius 3 is 2.42 bits per heavy atom. The first-order valence-corrected chi connectivity index (χ1v) is 9.16. The lowest BCUT2D eigenvalue weighted by Gasteiger charge is -2.25. The van der Waals surface area contributed by atoms with Crippen LogP contribution in [0.5, 0.6) is 0 Å². The van der Waals surface area contributed by atoms with E-state index in [1.807, 2.05) is 26.8 Å². The summed E-state index contributed by atoms with van der Waals surface area (Å²) in [6.07, 6.45) is 0.228. The Morgan fingerprint density at radius 1 is 1.27 bits per heavy atom. The monoisotopic (exact) mass is 379 g/mol. The van der Waals surface area contributed by atoms with Crippen molar-refractivity contribution in [2.24, 2.45) is 5.41 Å². The maximum atomic E-state index is 12.2. The van der Waals surface area contributed by atoms with Gasteiger partial charge in [-0.15, -0.1) is 0 Å². The van der Waals surface area contributed by atoms with E-state index in [1.165, 1.54) is 0 Å². The molecule has 0 radical (unpaired) electrons.